The second-order valence-corrected chi connectivity index (χ2v) is 5.48. The molecule has 1 fully saturated rings. The summed E-state index contributed by atoms with van der Waals surface area (Å²) in [4.78, 5) is 11.9. The zero-order chi connectivity index (χ0) is 13.0. The highest BCUT2D eigenvalue weighted by atomic mass is 79.9. The van der Waals surface area contributed by atoms with Crippen molar-refractivity contribution in [1.82, 2.24) is 5.32 Å². The number of amides is 1. The molecule has 0 aliphatic heterocycles. The minimum atomic E-state index is -0.187. The molecule has 1 aliphatic carbocycles. The Labute approximate surface area is 116 Å². The number of alkyl halides is 1. The molecule has 0 heterocycles. The van der Waals surface area contributed by atoms with Crippen molar-refractivity contribution in [3.8, 4) is 5.75 Å². The van der Waals surface area contributed by atoms with E-state index in [-0.39, 0.29) is 11.7 Å². The zero-order valence-corrected chi connectivity index (χ0v) is 11.8. The largest absolute Gasteiger partial charge is 0.507 e. The number of para-hydroxylation sites is 1. The van der Waals surface area contributed by atoms with E-state index in [4.69, 9.17) is 0 Å². The first kappa shape index (κ1) is 13.4. The van der Waals surface area contributed by atoms with Gasteiger partial charge >= 0.3 is 0 Å². The number of carbonyl (C=O) groups excluding carboxylic acids is 1. The van der Waals surface area contributed by atoms with E-state index in [2.05, 4.69) is 21.2 Å². The molecule has 1 aromatic rings. The Bertz CT molecular complexity index is 422. The van der Waals surface area contributed by atoms with Gasteiger partial charge in [-0.2, -0.15) is 0 Å². The summed E-state index contributed by atoms with van der Waals surface area (Å²) in [5.74, 6) is 1.07. The first-order chi connectivity index (χ1) is 8.72. The first-order valence-corrected chi connectivity index (χ1v) is 7.46. The van der Waals surface area contributed by atoms with Crippen LogP contribution in [0.4, 0.5) is 0 Å². The Balaban J connectivity index is 1.91. The number of nitrogens with one attached hydrogen (secondary N) is 1. The standard InChI is InChI=1S/C14H18BrNO2/c15-8-10-4-3-5-11(10)9-16-14(18)12-6-1-2-7-13(12)17/h1-2,6-7,10-11,17H,3-5,8-9H2,(H,16,18). The Hall–Kier alpha value is -1.03. The van der Waals surface area contributed by atoms with Crippen LogP contribution in [0.2, 0.25) is 0 Å². The fourth-order valence-corrected chi connectivity index (χ4v) is 3.42. The molecule has 0 aromatic heterocycles. The number of rotatable bonds is 4. The number of phenolic OH excluding ortho intramolecular Hbond substituents is 1. The van der Waals surface area contributed by atoms with Crippen LogP contribution in [0.1, 0.15) is 29.6 Å². The molecule has 4 heteroatoms. The maximum Gasteiger partial charge on any atom is 0.255 e. The molecular weight excluding hydrogens is 294 g/mol. The third-order valence-corrected chi connectivity index (χ3v) is 4.52. The highest BCUT2D eigenvalue weighted by Gasteiger charge is 2.26. The maximum absolute atomic E-state index is 11.9. The van der Waals surface area contributed by atoms with Crippen LogP contribution in [0.15, 0.2) is 24.3 Å². The predicted octanol–water partition coefficient (Wildman–Crippen LogP) is 2.93. The summed E-state index contributed by atoms with van der Waals surface area (Å²) in [5.41, 5.74) is 0.353. The van der Waals surface area contributed by atoms with Gasteiger partial charge in [0.05, 0.1) is 5.56 Å². The summed E-state index contributed by atoms with van der Waals surface area (Å²) in [6.07, 6.45) is 3.66. The zero-order valence-electron chi connectivity index (χ0n) is 10.2. The molecule has 98 valence electrons. The van der Waals surface area contributed by atoms with E-state index in [1.54, 1.807) is 18.2 Å². The Morgan fingerprint density at radius 1 is 1.33 bits per heavy atom. The van der Waals surface area contributed by atoms with E-state index in [1.807, 2.05) is 0 Å². The van der Waals surface area contributed by atoms with Crippen molar-refractivity contribution in [2.45, 2.75) is 19.3 Å². The van der Waals surface area contributed by atoms with Crippen LogP contribution in [-0.2, 0) is 0 Å². The van der Waals surface area contributed by atoms with Crippen LogP contribution >= 0.6 is 15.9 Å². The van der Waals surface area contributed by atoms with E-state index in [1.165, 1.54) is 25.3 Å². The van der Waals surface area contributed by atoms with Crippen molar-refractivity contribution in [3.63, 3.8) is 0 Å². The Morgan fingerprint density at radius 3 is 2.78 bits per heavy atom. The van der Waals surface area contributed by atoms with Crippen molar-refractivity contribution in [2.24, 2.45) is 11.8 Å². The smallest absolute Gasteiger partial charge is 0.255 e. The first-order valence-electron chi connectivity index (χ1n) is 6.34. The molecule has 1 aliphatic rings. The van der Waals surface area contributed by atoms with E-state index < -0.39 is 0 Å². The van der Waals surface area contributed by atoms with E-state index >= 15 is 0 Å². The Morgan fingerprint density at radius 2 is 2.06 bits per heavy atom. The third kappa shape index (κ3) is 3.05. The highest BCUT2D eigenvalue weighted by Crippen LogP contribution is 2.32. The second kappa shape index (κ2) is 6.23. The normalized spacial score (nSPS) is 22.9. The SMILES string of the molecule is O=C(NCC1CCCC1CBr)c1ccccc1O. The fourth-order valence-electron chi connectivity index (χ4n) is 2.57. The molecule has 2 N–H and O–H groups in total. The van der Waals surface area contributed by atoms with Crippen LogP contribution in [0.3, 0.4) is 0 Å². The lowest BCUT2D eigenvalue weighted by atomic mass is 9.98. The van der Waals surface area contributed by atoms with Crippen LogP contribution < -0.4 is 5.32 Å². The van der Waals surface area contributed by atoms with Gasteiger partial charge in [-0.15, -0.1) is 0 Å². The molecule has 0 bridgehead atoms. The topological polar surface area (TPSA) is 49.3 Å². The Kier molecular flexibility index (Phi) is 4.64. The van der Waals surface area contributed by atoms with Crippen LogP contribution in [0, 0.1) is 11.8 Å². The number of phenols is 1. The number of halogens is 1. The van der Waals surface area contributed by atoms with Crippen molar-refractivity contribution in [2.75, 3.05) is 11.9 Å². The quantitative estimate of drug-likeness (QED) is 0.840. The predicted molar refractivity (Wildman–Crippen MR) is 75.1 cm³/mol. The number of benzene rings is 1. The molecule has 0 saturated heterocycles. The minimum Gasteiger partial charge on any atom is -0.507 e. The van der Waals surface area contributed by atoms with Gasteiger partial charge in [-0.05, 0) is 36.8 Å². The molecule has 0 spiro atoms. The van der Waals surface area contributed by atoms with Crippen molar-refractivity contribution in [3.05, 3.63) is 29.8 Å². The summed E-state index contributed by atoms with van der Waals surface area (Å²) >= 11 is 3.53. The van der Waals surface area contributed by atoms with Crippen LogP contribution in [-0.4, -0.2) is 22.9 Å². The van der Waals surface area contributed by atoms with Gasteiger partial charge in [0.1, 0.15) is 5.75 Å². The maximum atomic E-state index is 11.9. The van der Waals surface area contributed by atoms with E-state index in [0.29, 0.717) is 23.9 Å². The summed E-state index contributed by atoms with van der Waals surface area (Å²) in [5, 5.41) is 13.5. The molecule has 1 saturated carbocycles. The van der Waals surface area contributed by atoms with Crippen molar-refractivity contribution >= 4 is 21.8 Å². The molecule has 18 heavy (non-hydrogen) atoms. The highest BCUT2D eigenvalue weighted by molar-refractivity contribution is 9.09. The van der Waals surface area contributed by atoms with Gasteiger partial charge in [-0.3, -0.25) is 4.79 Å². The average Bonchev–Trinajstić information content (AvgIpc) is 2.84. The second-order valence-electron chi connectivity index (χ2n) is 4.83. The molecule has 2 unspecified atom stereocenters. The number of hydrogen-bond donors (Lipinski definition) is 2. The lowest BCUT2D eigenvalue weighted by Gasteiger charge is -2.17. The van der Waals surface area contributed by atoms with Crippen molar-refractivity contribution < 1.29 is 9.90 Å². The van der Waals surface area contributed by atoms with Gasteiger partial charge < -0.3 is 10.4 Å². The summed E-state index contributed by atoms with van der Waals surface area (Å²) in [6.45, 7) is 0.698. The van der Waals surface area contributed by atoms with Gasteiger partial charge in [-0.25, -0.2) is 0 Å². The third-order valence-electron chi connectivity index (χ3n) is 3.69. The lowest BCUT2D eigenvalue weighted by Crippen LogP contribution is -2.31. The van der Waals surface area contributed by atoms with Gasteiger partial charge in [0.15, 0.2) is 0 Å². The average molecular weight is 312 g/mol. The molecule has 2 atom stereocenters. The van der Waals surface area contributed by atoms with Gasteiger partial charge in [0.25, 0.3) is 5.91 Å². The van der Waals surface area contributed by atoms with Gasteiger partial charge in [0, 0.05) is 11.9 Å². The molecule has 3 nitrogen and oxygen atoms in total. The number of carbonyl (C=O) groups is 1. The van der Waals surface area contributed by atoms with Crippen LogP contribution in [0.5, 0.6) is 5.75 Å². The fraction of sp³-hybridized carbons (Fsp3) is 0.500. The van der Waals surface area contributed by atoms with Gasteiger partial charge in [0.2, 0.25) is 0 Å². The molecule has 0 radical (unpaired) electrons. The number of aromatic hydroxyl groups is 1. The summed E-state index contributed by atoms with van der Waals surface area (Å²) in [7, 11) is 0. The van der Waals surface area contributed by atoms with Gasteiger partial charge in [-0.1, -0.05) is 34.5 Å². The molecule has 1 aromatic carbocycles. The number of hydrogen-bond acceptors (Lipinski definition) is 2. The van der Waals surface area contributed by atoms with E-state index in [0.717, 1.165) is 5.33 Å². The summed E-state index contributed by atoms with van der Waals surface area (Å²) in [6, 6.07) is 6.64. The summed E-state index contributed by atoms with van der Waals surface area (Å²) < 4.78 is 0. The minimum absolute atomic E-state index is 0.0402. The monoisotopic (exact) mass is 311 g/mol. The lowest BCUT2D eigenvalue weighted by molar-refractivity contribution is 0.0942. The van der Waals surface area contributed by atoms with E-state index in [9.17, 15) is 9.90 Å². The molecular formula is C14H18BrNO2. The molecule has 1 amide bonds. The van der Waals surface area contributed by atoms with Crippen LogP contribution in [0.25, 0.3) is 0 Å². The molecule has 2 rings (SSSR count). The van der Waals surface area contributed by atoms with Crippen molar-refractivity contribution in [1.29, 1.82) is 0 Å².